The van der Waals surface area contributed by atoms with Crippen molar-refractivity contribution in [1.82, 2.24) is 5.32 Å². The molecule has 0 radical (unpaired) electrons. The van der Waals surface area contributed by atoms with E-state index in [9.17, 15) is 14.4 Å². The molecule has 0 aliphatic heterocycles. The first-order valence-electron chi connectivity index (χ1n) is 11.1. The van der Waals surface area contributed by atoms with Crippen LogP contribution in [0.1, 0.15) is 56.1 Å². The minimum absolute atomic E-state index is 0.0782. The molecule has 6 heteroatoms. The summed E-state index contributed by atoms with van der Waals surface area (Å²) in [7, 11) is 0. The zero-order chi connectivity index (χ0) is 21.3. The van der Waals surface area contributed by atoms with Crippen LogP contribution in [0.15, 0.2) is 18.2 Å². The average Bonchev–Trinajstić information content (AvgIpc) is 2.69. The lowest BCUT2D eigenvalue weighted by molar-refractivity contribution is -0.148. The number of rotatable bonds is 7. The van der Waals surface area contributed by atoms with Crippen molar-refractivity contribution >= 4 is 23.5 Å². The third kappa shape index (κ3) is 4.37. The van der Waals surface area contributed by atoms with Gasteiger partial charge in [0.1, 0.15) is 0 Å². The monoisotopic (exact) mass is 412 g/mol. The molecule has 0 spiro atoms. The zero-order valence-corrected chi connectivity index (χ0v) is 18.0. The van der Waals surface area contributed by atoms with Gasteiger partial charge in [0.25, 0.3) is 5.91 Å². The number of aryl methyl sites for hydroxylation is 1. The maximum Gasteiger partial charge on any atom is 0.308 e. The third-order valence-electron chi connectivity index (χ3n) is 7.38. The summed E-state index contributed by atoms with van der Waals surface area (Å²) in [4.78, 5) is 36.9. The first kappa shape index (κ1) is 20.9. The van der Waals surface area contributed by atoms with Crippen LogP contribution in [-0.4, -0.2) is 30.9 Å². The molecule has 4 fully saturated rings. The second-order valence-corrected chi connectivity index (χ2v) is 9.66. The molecule has 1 aromatic carbocycles. The topological polar surface area (TPSA) is 84.5 Å². The number of esters is 1. The molecule has 6 nitrogen and oxygen atoms in total. The van der Waals surface area contributed by atoms with Gasteiger partial charge in [-0.25, -0.2) is 0 Å². The molecule has 0 heterocycles. The number of amides is 2. The number of ether oxygens (including phenoxy) is 1. The smallest absolute Gasteiger partial charge is 0.308 e. The fourth-order valence-electron chi connectivity index (χ4n) is 6.15. The Bertz CT molecular complexity index is 812. The van der Waals surface area contributed by atoms with Crippen molar-refractivity contribution < 1.29 is 19.1 Å². The lowest BCUT2D eigenvalue weighted by atomic mass is 9.49. The van der Waals surface area contributed by atoms with E-state index in [-0.39, 0.29) is 36.8 Å². The highest BCUT2D eigenvalue weighted by Gasteiger charge is 2.54. The summed E-state index contributed by atoms with van der Waals surface area (Å²) < 4.78 is 5.07. The van der Waals surface area contributed by atoms with Crippen LogP contribution >= 0.6 is 0 Å². The van der Waals surface area contributed by atoms with Crippen molar-refractivity contribution in [2.45, 2.75) is 58.8 Å². The van der Waals surface area contributed by atoms with Crippen LogP contribution in [0.25, 0.3) is 0 Å². The maximum absolute atomic E-state index is 12.9. The van der Waals surface area contributed by atoms with E-state index in [1.54, 1.807) is 0 Å². The summed E-state index contributed by atoms with van der Waals surface area (Å²) in [6.45, 7) is 3.85. The zero-order valence-electron chi connectivity index (χ0n) is 18.0. The summed E-state index contributed by atoms with van der Waals surface area (Å²) >= 11 is 0. The van der Waals surface area contributed by atoms with Crippen LogP contribution in [0.2, 0.25) is 0 Å². The summed E-state index contributed by atoms with van der Waals surface area (Å²) in [5, 5.41) is 5.74. The van der Waals surface area contributed by atoms with Gasteiger partial charge in [0.05, 0.1) is 6.42 Å². The predicted octanol–water partition coefficient (Wildman–Crippen LogP) is 3.51. The molecule has 4 aliphatic carbocycles. The third-order valence-corrected chi connectivity index (χ3v) is 7.38. The standard InChI is InChI=1S/C24H32N2O4/c1-15-4-3-5-20(16(15)2)26-21(27)14-30-22(28)6-7-25-23(29)24-11-17-8-18(12-24)10-19(9-17)13-24/h3-5,17-19H,6-14H2,1-2H3,(H,25,29)(H,26,27). The molecule has 0 aromatic heterocycles. The minimum atomic E-state index is -0.475. The van der Waals surface area contributed by atoms with Gasteiger partial charge < -0.3 is 15.4 Å². The van der Waals surface area contributed by atoms with E-state index in [2.05, 4.69) is 10.6 Å². The number of anilines is 1. The summed E-state index contributed by atoms with van der Waals surface area (Å²) in [5.41, 5.74) is 2.59. The Balaban J connectivity index is 1.18. The average molecular weight is 413 g/mol. The molecule has 0 unspecified atom stereocenters. The van der Waals surface area contributed by atoms with Crippen molar-refractivity contribution in [2.75, 3.05) is 18.5 Å². The minimum Gasteiger partial charge on any atom is -0.456 e. The molecule has 0 atom stereocenters. The number of nitrogens with one attached hydrogen (secondary N) is 2. The molecule has 2 amide bonds. The van der Waals surface area contributed by atoms with E-state index < -0.39 is 5.97 Å². The molecular weight excluding hydrogens is 380 g/mol. The van der Waals surface area contributed by atoms with Crippen LogP contribution in [0.4, 0.5) is 5.69 Å². The Morgan fingerprint density at radius 2 is 1.67 bits per heavy atom. The van der Waals surface area contributed by atoms with Crippen molar-refractivity contribution in [1.29, 1.82) is 0 Å². The van der Waals surface area contributed by atoms with Gasteiger partial charge in [-0.15, -0.1) is 0 Å². The highest BCUT2D eigenvalue weighted by molar-refractivity contribution is 5.93. The van der Waals surface area contributed by atoms with Gasteiger partial charge in [0.2, 0.25) is 5.91 Å². The number of carbonyl (C=O) groups excluding carboxylic acids is 3. The van der Waals surface area contributed by atoms with Crippen LogP contribution < -0.4 is 10.6 Å². The van der Waals surface area contributed by atoms with Gasteiger partial charge in [-0.2, -0.15) is 0 Å². The highest BCUT2D eigenvalue weighted by atomic mass is 16.5. The SMILES string of the molecule is Cc1cccc(NC(=O)COC(=O)CCNC(=O)C23CC4CC(CC(C4)C2)C3)c1C. The van der Waals surface area contributed by atoms with Gasteiger partial charge in [-0.05, 0) is 87.3 Å². The molecule has 4 bridgehead atoms. The summed E-state index contributed by atoms with van der Waals surface area (Å²) in [6.07, 6.45) is 6.99. The fraction of sp³-hybridized carbons (Fsp3) is 0.625. The van der Waals surface area contributed by atoms with Gasteiger partial charge in [0.15, 0.2) is 6.61 Å². The van der Waals surface area contributed by atoms with E-state index in [4.69, 9.17) is 4.74 Å². The Hall–Kier alpha value is -2.37. The molecule has 162 valence electrons. The number of hydrogen-bond donors (Lipinski definition) is 2. The van der Waals surface area contributed by atoms with Crippen LogP contribution in [-0.2, 0) is 19.1 Å². The molecule has 4 saturated carbocycles. The Morgan fingerprint density at radius 3 is 2.30 bits per heavy atom. The maximum atomic E-state index is 12.9. The first-order valence-corrected chi connectivity index (χ1v) is 11.1. The second-order valence-electron chi connectivity index (χ2n) is 9.66. The molecular formula is C24H32N2O4. The Kier molecular flexibility index (Phi) is 5.85. The van der Waals surface area contributed by atoms with Gasteiger partial charge in [0, 0.05) is 17.6 Å². The first-order chi connectivity index (χ1) is 14.3. The Labute approximate surface area is 178 Å². The van der Waals surface area contributed by atoms with Crippen LogP contribution in [0, 0.1) is 37.0 Å². The number of hydrogen-bond acceptors (Lipinski definition) is 4. The largest absolute Gasteiger partial charge is 0.456 e. The van der Waals surface area contributed by atoms with E-state index in [1.165, 1.54) is 19.3 Å². The number of carbonyl (C=O) groups is 3. The normalized spacial score (nSPS) is 28.8. The van der Waals surface area contributed by atoms with E-state index in [0.29, 0.717) is 17.8 Å². The lowest BCUT2D eigenvalue weighted by Crippen LogP contribution is -2.53. The molecule has 30 heavy (non-hydrogen) atoms. The molecule has 5 rings (SSSR count). The van der Waals surface area contributed by atoms with Crippen molar-refractivity contribution in [2.24, 2.45) is 23.2 Å². The van der Waals surface area contributed by atoms with Crippen molar-refractivity contribution in [3.8, 4) is 0 Å². The Morgan fingerprint density at radius 1 is 1.03 bits per heavy atom. The van der Waals surface area contributed by atoms with E-state index in [0.717, 1.165) is 36.1 Å². The molecule has 4 aliphatic rings. The fourth-order valence-corrected chi connectivity index (χ4v) is 6.15. The molecule has 1 aromatic rings. The predicted molar refractivity (Wildman–Crippen MR) is 114 cm³/mol. The van der Waals surface area contributed by atoms with Crippen LogP contribution in [0.3, 0.4) is 0 Å². The van der Waals surface area contributed by atoms with Crippen molar-refractivity contribution in [3.05, 3.63) is 29.3 Å². The summed E-state index contributed by atoms with van der Waals surface area (Å²) in [6, 6.07) is 5.67. The van der Waals surface area contributed by atoms with E-state index >= 15 is 0 Å². The molecule has 2 N–H and O–H groups in total. The highest BCUT2D eigenvalue weighted by Crippen LogP contribution is 2.60. The van der Waals surface area contributed by atoms with Crippen molar-refractivity contribution in [3.63, 3.8) is 0 Å². The lowest BCUT2D eigenvalue weighted by Gasteiger charge is -2.55. The van der Waals surface area contributed by atoms with Gasteiger partial charge >= 0.3 is 5.97 Å². The van der Waals surface area contributed by atoms with E-state index in [1.807, 2.05) is 32.0 Å². The van der Waals surface area contributed by atoms with Crippen LogP contribution in [0.5, 0.6) is 0 Å². The van der Waals surface area contributed by atoms with Gasteiger partial charge in [-0.1, -0.05) is 12.1 Å². The quantitative estimate of drug-likeness (QED) is 0.671. The second kappa shape index (κ2) is 8.40. The molecule has 0 saturated heterocycles. The summed E-state index contributed by atoms with van der Waals surface area (Å²) in [5.74, 6) is 1.40. The number of benzene rings is 1. The van der Waals surface area contributed by atoms with Gasteiger partial charge in [-0.3, -0.25) is 14.4 Å².